The predicted molar refractivity (Wildman–Crippen MR) is 177 cm³/mol. The maximum absolute atomic E-state index is 12.1. The Balaban J connectivity index is 0.000000266. The molecule has 0 unspecified atom stereocenters. The van der Waals surface area contributed by atoms with Crippen LogP contribution in [0.15, 0.2) is 108 Å². The first-order chi connectivity index (χ1) is 22.3. The molecule has 228 valence electrons. The van der Waals surface area contributed by atoms with Gasteiger partial charge in [-0.25, -0.2) is 24.0 Å². The van der Waals surface area contributed by atoms with Crippen molar-refractivity contribution in [1.82, 2.24) is 5.32 Å². The van der Waals surface area contributed by atoms with Gasteiger partial charge in [0.2, 0.25) is 12.2 Å². The van der Waals surface area contributed by atoms with Gasteiger partial charge in [-0.05, 0) is 83.3 Å². The third-order valence-electron chi connectivity index (χ3n) is 6.32. The molecule has 0 saturated heterocycles. The van der Waals surface area contributed by atoms with Gasteiger partial charge in [-0.1, -0.05) is 49.1 Å². The Morgan fingerprint density at radius 3 is 1.59 bits per heavy atom. The number of nitrogens with one attached hydrogen (secondary N) is 2. The topological polar surface area (TPSA) is 186 Å². The number of aliphatic imine (C=N–C) groups is 2. The van der Waals surface area contributed by atoms with Gasteiger partial charge in [0, 0.05) is 23.4 Å². The Morgan fingerprint density at radius 2 is 1.17 bits per heavy atom. The number of amides is 2. The summed E-state index contributed by atoms with van der Waals surface area (Å²) in [7, 11) is 0. The number of benzene rings is 4. The van der Waals surface area contributed by atoms with Crippen molar-refractivity contribution >= 4 is 64.6 Å². The van der Waals surface area contributed by atoms with E-state index in [2.05, 4.69) is 27.2 Å². The molecule has 2 amide bonds. The molecule has 4 aromatic carbocycles. The first-order valence-electron chi connectivity index (χ1n) is 13.5. The summed E-state index contributed by atoms with van der Waals surface area (Å²) >= 11 is 0. The van der Waals surface area contributed by atoms with E-state index in [1.807, 2.05) is 36.4 Å². The number of anilines is 1. The quantitative estimate of drug-likeness (QED) is 0.109. The molecule has 6 N–H and O–H groups in total. The number of nitrogens with zero attached hydrogens (tertiary/aromatic N) is 2. The molecule has 0 spiro atoms. The van der Waals surface area contributed by atoms with Crippen LogP contribution in [0.4, 0.5) is 21.9 Å². The number of isocyanates is 2. The van der Waals surface area contributed by atoms with Crippen molar-refractivity contribution in [2.75, 3.05) is 5.32 Å². The summed E-state index contributed by atoms with van der Waals surface area (Å²) in [5.74, 6) is 3.18. The number of hydrogen-bond acceptors (Lipinski definition) is 9. The number of rotatable bonds is 10. The van der Waals surface area contributed by atoms with E-state index < -0.39 is 6.03 Å². The van der Waals surface area contributed by atoms with Crippen LogP contribution < -0.4 is 22.1 Å². The van der Waals surface area contributed by atoms with Gasteiger partial charge in [-0.3, -0.25) is 0 Å². The standard InChI is InChI=1S/C20H18N4O3.C15H10N2O2/c1-2-13-3-5-17(6-4-13)24-20(27)23-10-14-7-15(18(21)11-25)9-16(8-14)19(22)12-26;18-10-16-14-5-1-12(2-6-14)9-13-3-7-15(8-4-13)17-11-19/h2-9H,1,10,21-22H2,(H2,23,24,27);1-8H,9H2. The zero-order chi connectivity index (χ0) is 33.3. The molecule has 0 radical (unpaired) electrons. The zero-order valence-electron chi connectivity index (χ0n) is 24.4. The van der Waals surface area contributed by atoms with Gasteiger partial charge in [0.25, 0.3) is 0 Å². The fourth-order valence-corrected chi connectivity index (χ4v) is 4.00. The second-order valence-electron chi connectivity index (χ2n) is 9.50. The molecule has 0 atom stereocenters. The van der Waals surface area contributed by atoms with Gasteiger partial charge >= 0.3 is 6.03 Å². The third-order valence-corrected chi connectivity index (χ3v) is 6.32. The molecule has 4 aromatic rings. The lowest BCUT2D eigenvalue weighted by molar-refractivity contribution is 0.251. The normalized spacial score (nSPS) is 9.39. The summed E-state index contributed by atoms with van der Waals surface area (Å²) in [5, 5.41) is 5.37. The van der Waals surface area contributed by atoms with Crippen molar-refractivity contribution in [2.24, 2.45) is 21.5 Å². The van der Waals surface area contributed by atoms with Crippen LogP contribution in [-0.2, 0) is 32.1 Å². The fraction of sp³-hybridized carbons (Fsp3) is 0.0571. The highest BCUT2D eigenvalue weighted by molar-refractivity contribution is 5.91. The summed E-state index contributed by atoms with van der Waals surface area (Å²) in [6.07, 6.45) is 5.47. The molecule has 11 nitrogen and oxygen atoms in total. The van der Waals surface area contributed by atoms with Crippen LogP contribution in [0, 0.1) is 0 Å². The van der Waals surface area contributed by atoms with Crippen LogP contribution in [0.3, 0.4) is 0 Å². The van der Waals surface area contributed by atoms with Crippen LogP contribution in [-0.4, -0.2) is 30.1 Å². The first kappa shape index (κ1) is 33.6. The van der Waals surface area contributed by atoms with Crippen LogP contribution >= 0.6 is 0 Å². The summed E-state index contributed by atoms with van der Waals surface area (Å²) < 4.78 is 0. The van der Waals surface area contributed by atoms with Crippen molar-refractivity contribution in [1.29, 1.82) is 0 Å². The molecule has 0 fully saturated rings. The van der Waals surface area contributed by atoms with E-state index in [1.165, 1.54) is 18.2 Å². The van der Waals surface area contributed by atoms with Crippen molar-refractivity contribution in [3.8, 4) is 0 Å². The third kappa shape index (κ3) is 10.5. The summed E-state index contributed by atoms with van der Waals surface area (Å²) in [6, 6.07) is 26.1. The molecular weight excluding hydrogens is 584 g/mol. The number of hydrogen-bond donors (Lipinski definition) is 4. The highest BCUT2D eigenvalue weighted by atomic mass is 16.2. The number of nitrogens with two attached hydrogens (primary N) is 2. The highest BCUT2D eigenvalue weighted by Crippen LogP contribution is 2.19. The molecule has 0 bridgehead atoms. The largest absolute Gasteiger partial charge is 0.389 e. The number of urea groups is 1. The average Bonchev–Trinajstić information content (AvgIpc) is 3.09. The molecule has 0 aliphatic rings. The second-order valence-corrected chi connectivity index (χ2v) is 9.50. The lowest BCUT2D eigenvalue weighted by atomic mass is 10.0. The Kier molecular flexibility index (Phi) is 12.7. The molecule has 0 aliphatic carbocycles. The van der Waals surface area contributed by atoms with E-state index in [0.29, 0.717) is 33.8 Å². The van der Waals surface area contributed by atoms with E-state index in [9.17, 15) is 24.0 Å². The lowest BCUT2D eigenvalue weighted by Crippen LogP contribution is -2.28. The van der Waals surface area contributed by atoms with Gasteiger partial charge in [0.05, 0.1) is 11.4 Å². The van der Waals surface area contributed by atoms with Crippen LogP contribution in [0.25, 0.3) is 17.5 Å². The molecule has 46 heavy (non-hydrogen) atoms. The summed E-state index contributed by atoms with van der Waals surface area (Å²) in [4.78, 5) is 60.9. The fourth-order valence-electron chi connectivity index (χ4n) is 4.00. The molecule has 11 heteroatoms. The SMILES string of the molecule is C=Cc1ccc(NC(=O)NCc2cc(C(N)=C=O)cc(C(N)=C=O)c2)cc1.O=C=Nc1ccc(Cc2ccc(N=C=O)cc2)cc1. The van der Waals surface area contributed by atoms with Gasteiger partial charge < -0.3 is 22.1 Å². The van der Waals surface area contributed by atoms with Gasteiger partial charge in [-0.2, -0.15) is 9.98 Å². The minimum Gasteiger partial charge on any atom is -0.389 e. The van der Waals surface area contributed by atoms with E-state index >= 15 is 0 Å². The zero-order valence-corrected chi connectivity index (χ0v) is 24.4. The average molecular weight is 613 g/mol. The summed E-state index contributed by atoms with van der Waals surface area (Å²) in [6.45, 7) is 3.79. The lowest BCUT2D eigenvalue weighted by Gasteiger charge is -2.11. The maximum atomic E-state index is 12.1. The predicted octanol–water partition coefficient (Wildman–Crippen LogP) is 5.13. The molecule has 0 heterocycles. The Labute approximate surface area is 264 Å². The van der Waals surface area contributed by atoms with Crippen molar-refractivity contribution in [2.45, 2.75) is 13.0 Å². The van der Waals surface area contributed by atoms with Crippen molar-refractivity contribution in [3.05, 3.63) is 131 Å². The van der Waals surface area contributed by atoms with Gasteiger partial charge in [0.1, 0.15) is 11.4 Å². The van der Waals surface area contributed by atoms with Gasteiger partial charge in [-0.15, -0.1) is 0 Å². The Hall–Kier alpha value is -6.85. The Bertz CT molecular complexity index is 1790. The molecular formula is C35H28N6O5. The van der Waals surface area contributed by atoms with Crippen molar-refractivity contribution < 1.29 is 24.0 Å². The van der Waals surface area contributed by atoms with E-state index in [0.717, 1.165) is 23.1 Å². The number of carbonyl (C=O) groups is 1. The van der Waals surface area contributed by atoms with Crippen LogP contribution in [0.5, 0.6) is 0 Å². The van der Waals surface area contributed by atoms with Crippen LogP contribution in [0.1, 0.15) is 33.4 Å². The number of carbonyl (C=O) groups excluding carboxylic acids is 5. The van der Waals surface area contributed by atoms with Crippen molar-refractivity contribution in [3.63, 3.8) is 0 Å². The molecule has 0 saturated carbocycles. The van der Waals surface area contributed by atoms with Crippen LogP contribution in [0.2, 0.25) is 0 Å². The minimum atomic E-state index is -0.425. The second kappa shape index (κ2) is 17.3. The molecule has 0 aliphatic heterocycles. The van der Waals surface area contributed by atoms with E-state index in [4.69, 9.17) is 11.5 Å². The maximum Gasteiger partial charge on any atom is 0.319 e. The van der Waals surface area contributed by atoms with Gasteiger partial charge in [0.15, 0.2) is 11.9 Å². The van der Waals surface area contributed by atoms with E-state index in [1.54, 1.807) is 66.5 Å². The minimum absolute atomic E-state index is 0.121. The highest BCUT2D eigenvalue weighted by Gasteiger charge is 2.09. The molecule has 4 rings (SSSR count). The first-order valence-corrected chi connectivity index (χ1v) is 13.5. The molecule has 0 aromatic heterocycles. The smallest absolute Gasteiger partial charge is 0.319 e. The summed E-state index contributed by atoms with van der Waals surface area (Å²) in [5.41, 5.74) is 17.2. The monoisotopic (exact) mass is 612 g/mol. The Morgan fingerprint density at radius 1 is 0.696 bits per heavy atom. The van der Waals surface area contributed by atoms with E-state index in [-0.39, 0.29) is 17.9 Å².